The van der Waals surface area contributed by atoms with Gasteiger partial charge in [0.15, 0.2) is 0 Å². The molecule has 0 saturated carbocycles. The summed E-state index contributed by atoms with van der Waals surface area (Å²) in [7, 11) is -2.84. The second-order valence-corrected chi connectivity index (χ2v) is 6.27. The summed E-state index contributed by atoms with van der Waals surface area (Å²) < 4.78 is 11.2. The van der Waals surface area contributed by atoms with Gasteiger partial charge in [0, 0.05) is 11.3 Å². The molecule has 1 N–H and O–H groups in total. The molecule has 0 radical (unpaired) electrons. The van der Waals surface area contributed by atoms with Crippen molar-refractivity contribution in [3.8, 4) is 0 Å². The maximum absolute atomic E-state index is 11.2. The summed E-state index contributed by atoms with van der Waals surface area (Å²) in [6, 6.07) is 0. The van der Waals surface area contributed by atoms with Gasteiger partial charge in [-0.3, -0.25) is 4.57 Å². The second kappa shape index (κ2) is 4.38. The van der Waals surface area contributed by atoms with Crippen LogP contribution in [-0.4, -0.2) is 16.2 Å². The van der Waals surface area contributed by atoms with Gasteiger partial charge in [0.25, 0.3) is 0 Å². The molecule has 0 aromatic heterocycles. The van der Waals surface area contributed by atoms with Crippen molar-refractivity contribution in [3.63, 3.8) is 0 Å². The molecule has 0 rings (SSSR count). The molecule has 0 aromatic carbocycles. The number of hydrogen-bond acceptors (Lipinski definition) is 1. The molecule has 64 valence electrons. The lowest BCUT2D eigenvalue weighted by Crippen LogP contribution is -2.06. The molecule has 0 atom stereocenters. The molecule has 0 fully saturated rings. The number of halogens is 1. The molecule has 0 aliphatic heterocycles. The molecule has 0 aliphatic rings. The molecule has 0 spiro atoms. The highest BCUT2D eigenvalue weighted by atomic mass is 35.5. The van der Waals surface area contributed by atoms with Crippen LogP contribution in [0.4, 0.5) is 0 Å². The van der Waals surface area contributed by atoms with Gasteiger partial charge in [0.2, 0.25) is 7.37 Å². The van der Waals surface area contributed by atoms with Gasteiger partial charge >= 0.3 is 0 Å². The quantitative estimate of drug-likeness (QED) is 0.673. The Balaban J connectivity index is 0. The van der Waals surface area contributed by atoms with Gasteiger partial charge < -0.3 is 4.89 Å². The predicted molar refractivity (Wildman–Crippen MR) is 47.3 cm³/mol. The van der Waals surface area contributed by atoms with Gasteiger partial charge in [0.1, 0.15) is 0 Å². The van der Waals surface area contributed by atoms with Crippen LogP contribution in [0.2, 0.25) is 0 Å². The largest absolute Gasteiger partial charge is 0.344 e. The fraction of sp³-hybridized carbons (Fsp3) is 1.00. The molecule has 0 heterocycles. The number of rotatable bonds is 2. The first-order valence-corrected chi connectivity index (χ1v) is 5.01. The normalized spacial score (nSPS) is 11.9. The van der Waals surface area contributed by atoms with Crippen LogP contribution < -0.4 is 0 Å². The highest BCUT2D eigenvalue weighted by Gasteiger charge is 2.26. The monoisotopic (exact) mass is 186 g/mol. The lowest BCUT2D eigenvalue weighted by atomic mass is 10.5. The average molecular weight is 187 g/mol. The summed E-state index contributed by atoms with van der Waals surface area (Å²) >= 11 is 0. The van der Waals surface area contributed by atoms with Crippen molar-refractivity contribution in [2.24, 2.45) is 0 Å². The van der Waals surface area contributed by atoms with Crippen LogP contribution in [-0.2, 0) is 4.57 Å². The Labute approximate surface area is 68.9 Å². The van der Waals surface area contributed by atoms with E-state index in [1.165, 1.54) is 0 Å². The summed E-state index contributed by atoms with van der Waals surface area (Å²) in [5, 5.41) is 0. The maximum atomic E-state index is 11.2. The summed E-state index contributed by atoms with van der Waals surface area (Å²) in [6.07, 6.45) is 0. The van der Waals surface area contributed by atoms with Crippen molar-refractivity contribution in [2.75, 3.05) is 0 Å². The molecule has 2 nitrogen and oxygen atoms in total. The van der Waals surface area contributed by atoms with Crippen molar-refractivity contribution in [1.82, 2.24) is 0 Å². The van der Waals surface area contributed by atoms with Gasteiger partial charge in [-0.25, -0.2) is 0 Å². The fourth-order valence-electron chi connectivity index (χ4n) is 0.596. The van der Waals surface area contributed by atoms with E-state index < -0.39 is 7.37 Å². The van der Waals surface area contributed by atoms with E-state index in [1.807, 2.05) is 0 Å². The van der Waals surface area contributed by atoms with Gasteiger partial charge in [-0.2, -0.15) is 0 Å². The first-order valence-electron chi connectivity index (χ1n) is 3.21. The van der Waals surface area contributed by atoms with E-state index in [1.54, 1.807) is 27.7 Å². The Morgan fingerprint density at radius 2 is 1.30 bits per heavy atom. The topological polar surface area (TPSA) is 37.3 Å². The third-order valence-corrected chi connectivity index (χ3v) is 4.44. The SMILES string of the molecule is CC(C)P(=O)(O)C(C)C.Cl. The zero-order valence-corrected chi connectivity index (χ0v) is 8.58. The minimum atomic E-state index is -2.84. The van der Waals surface area contributed by atoms with E-state index in [-0.39, 0.29) is 23.7 Å². The molecule has 10 heavy (non-hydrogen) atoms. The second-order valence-electron chi connectivity index (χ2n) is 2.86. The Kier molecular flexibility index (Phi) is 5.73. The van der Waals surface area contributed by atoms with Crippen LogP contribution in [0.25, 0.3) is 0 Å². The first-order chi connectivity index (χ1) is 3.89. The van der Waals surface area contributed by atoms with E-state index >= 15 is 0 Å². The minimum absolute atomic E-state index is 0. The molecule has 0 amide bonds. The van der Waals surface area contributed by atoms with Crippen molar-refractivity contribution in [3.05, 3.63) is 0 Å². The average Bonchev–Trinajstić information content (AvgIpc) is 1.65. The van der Waals surface area contributed by atoms with Gasteiger partial charge in [-0.15, -0.1) is 12.4 Å². The summed E-state index contributed by atoms with van der Waals surface area (Å²) in [6.45, 7) is 7.11. The molecular formula is C6H16ClO2P. The molecule has 4 heteroatoms. The van der Waals surface area contributed by atoms with E-state index in [2.05, 4.69) is 0 Å². The molecular weight excluding hydrogens is 170 g/mol. The predicted octanol–water partition coefficient (Wildman–Crippen LogP) is 2.50. The van der Waals surface area contributed by atoms with Crippen LogP contribution in [0.5, 0.6) is 0 Å². The zero-order valence-electron chi connectivity index (χ0n) is 6.87. The Bertz CT molecular complexity index is 122. The molecule has 0 aromatic rings. The van der Waals surface area contributed by atoms with E-state index in [0.717, 1.165) is 0 Å². The van der Waals surface area contributed by atoms with Crippen LogP contribution in [0.1, 0.15) is 27.7 Å². The first kappa shape index (κ1) is 13.1. The summed E-state index contributed by atoms with van der Waals surface area (Å²) in [5.41, 5.74) is -0.199. The standard InChI is InChI=1S/C6H15O2P.ClH/c1-5(2)9(7,8)6(3)4;/h5-6H,1-4H3,(H,7,8);1H. The lowest BCUT2D eigenvalue weighted by molar-refractivity contribution is 0.459. The Morgan fingerprint density at radius 1 is 1.10 bits per heavy atom. The molecule has 0 saturated heterocycles. The number of hydrogen-bond donors (Lipinski definition) is 1. The highest BCUT2D eigenvalue weighted by Crippen LogP contribution is 2.50. The van der Waals surface area contributed by atoms with Crippen molar-refractivity contribution >= 4 is 19.8 Å². The van der Waals surface area contributed by atoms with Crippen LogP contribution in [0.15, 0.2) is 0 Å². The van der Waals surface area contributed by atoms with Gasteiger partial charge in [-0.1, -0.05) is 27.7 Å². The van der Waals surface area contributed by atoms with E-state index in [0.29, 0.717) is 0 Å². The zero-order chi connectivity index (χ0) is 7.65. The third kappa shape index (κ3) is 3.05. The van der Waals surface area contributed by atoms with E-state index in [9.17, 15) is 9.46 Å². The maximum Gasteiger partial charge on any atom is 0.205 e. The third-order valence-electron chi connectivity index (χ3n) is 1.48. The molecule has 0 aliphatic carbocycles. The van der Waals surface area contributed by atoms with Crippen molar-refractivity contribution < 1.29 is 9.46 Å². The Hall–Kier alpha value is 0.480. The van der Waals surface area contributed by atoms with Gasteiger partial charge in [0.05, 0.1) is 0 Å². The van der Waals surface area contributed by atoms with E-state index in [4.69, 9.17) is 0 Å². The summed E-state index contributed by atoms with van der Waals surface area (Å²) in [4.78, 5) is 9.22. The highest BCUT2D eigenvalue weighted by molar-refractivity contribution is 7.59. The van der Waals surface area contributed by atoms with Gasteiger partial charge in [-0.05, 0) is 0 Å². The van der Waals surface area contributed by atoms with Crippen LogP contribution >= 0.6 is 19.8 Å². The van der Waals surface area contributed by atoms with Crippen LogP contribution in [0, 0.1) is 0 Å². The molecule has 0 bridgehead atoms. The molecule has 0 unspecified atom stereocenters. The Morgan fingerprint density at radius 3 is 1.30 bits per heavy atom. The smallest absolute Gasteiger partial charge is 0.205 e. The lowest BCUT2D eigenvalue weighted by Gasteiger charge is -2.18. The fourth-order valence-corrected chi connectivity index (χ4v) is 1.79. The summed E-state index contributed by atoms with van der Waals surface area (Å²) in [5.74, 6) is 0. The van der Waals surface area contributed by atoms with Crippen LogP contribution in [0.3, 0.4) is 0 Å². The van der Waals surface area contributed by atoms with Crippen molar-refractivity contribution in [1.29, 1.82) is 0 Å². The minimum Gasteiger partial charge on any atom is -0.344 e. The van der Waals surface area contributed by atoms with Crippen molar-refractivity contribution in [2.45, 2.75) is 39.0 Å².